The van der Waals surface area contributed by atoms with Crippen molar-refractivity contribution in [1.82, 2.24) is 0 Å². The Bertz CT molecular complexity index is 770. The number of rotatable bonds is 3. The minimum absolute atomic E-state index is 0.225. The Kier molecular flexibility index (Phi) is 2.63. The highest BCUT2D eigenvalue weighted by Gasteiger charge is 2.18. The molecule has 0 aliphatic heterocycles. The lowest BCUT2D eigenvalue weighted by molar-refractivity contribution is 0.0699. The Morgan fingerprint density at radius 1 is 1.26 bits per heavy atom. The van der Waals surface area contributed by atoms with Crippen LogP contribution in [0, 0.1) is 0 Å². The van der Waals surface area contributed by atoms with Gasteiger partial charge in [0.05, 0.1) is 12.2 Å². The van der Waals surface area contributed by atoms with Gasteiger partial charge in [-0.15, -0.1) is 0 Å². The van der Waals surface area contributed by atoms with Crippen LogP contribution in [0.3, 0.4) is 0 Å². The number of para-hydroxylation sites is 1. The molecule has 1 heterocycles. The highest BCUT2D eigenvalue weighted by molar-refractivity contribution is 6.16. The second-order valence-corrected chi connectivity index (χ2v) is 4.15. The Hall–Kier alpha value is -2.49. The summed E-state index contributed by atoms with van der Waals surface area (Å²) in [5.41, 5.74) is 1.37. The summed E-state index contributed by atoms with van der Waals surface area (Å²) in [6.45, 7) is 2.37. The van der Waals surface area contributed by atoms with E-state index in [1.54, 1.807) is 12.1 Å². The zero-order chi connectivity index (χ0) is 13.4. The van der Waals surface area contributed by atoms with Crippen molar-refractivity contribution in [2.24, 2.45) is 0 Å². The smallest absolute Gasteiger partial charge is 0.336 e. The van der Waals surface area contributed by atoms with Crippen molar-refractivity contribution in [3.63, 3.8) is 0 Å². The maximum absolute atomic E-state index is 11.3. The first-order valence-corrected chi connectivity index (χ1v) is 6.02. The number of aromatic carboxylic acids is 1. The second kappa shape index (κ2) is 4.31. The molecule has 3 rings (SSSR count). The second-order valence-electron chi connectivity index (χ2n) is 4.15. The number of furan rings is 1. The Balaban J connectivity index is 2.47. The molecule has 1 aromatic heterocycles. The van der Waals surface area contributed by atoms with E-state index in [4.69, 9.17) is 9.15 Å². The molecule has 1 N–H and O–H groups in total. The number of carboxylic acid groups (broad SMARTS) is 1. The van der Waals surface area contributed by atoms with Crippen LogP contribution < -0.4 is 4.74 Å². The molecule has 0 bridgehead atoms. The van der Waals surface area contributed by atoms with Crippen LogP contribution in [0.4, 0.5) is 0 Å². The first kappa shape index (κ1) is 11.6. The van der Waals surface area contributed by atoms with Crippen molar-refractivity contribution in [2.75, 3.05) is 6.61 Å². The molecule has 19 heavy (non-hydrogen) atoms. The summed E-state index contributed by atoms with van der Waals surface area (Å²) in [7, 11) is 0. The average Bonchev–Trinajstić information content (AvgIpc) is 2.79. The minimum atomic E-state index is -0.973. The Morgan fingerprint density at radius 3 is 2.79 bits per heavy atom. The summed E-state index contributed by atoms with van der Waals surface area (Å²) >= 11 is 0. The van der Waals surface area contributed by atoms with Crippen molar-refractivity contribution < 1.29 is 19.1 Å². The molecule has 0 unspecified atom stereocenters. The van der Waals surface area contributed by atoms with Crippen LogP contribution in [0.5, 0.6) is 5.75 Å². The lowest BCUT2D eigenvalue weighted by Crippen LogP contribution is -1.98. The van der Waals surface area contributed by atoms with Gasteiger partial charge in [0.2, 0.25) is 0 Å². The molecule has 0 fully saturated rings. The first-order chi connectivity index (χ1) is 9.22. The molecule has 0 saturated heterocycles. The van der Waals surface area contributed by atoms with E-state index in [-0.39, 0.29) is 5.56 Å². The number of carboxylic acids is 1. The molecule has 0 aliphatic rings. The highest BCUT2D eigenvalue weighted by atomic mass is 16.5. The maximum atomic E-state index is 11.3. The predicted molar refractivity (Wildman–Crippen MR) is 71.8 cm³/mol. The fraction of sp³-hybridized carbons (Fsp3) is 0.133. The Morgan fingerprint density at radius 2 is 2.05 bits per heavy atom. The molecule has 4 nitrogen and oxygen atoms in total. The molecule has 0 saturated carbocycles. The lowest BCUT2D eigenvalue weighted by Gasteiger charge is -2.04. The Labute approximate surface area is 109 Å². The largest absolute Gasteiger partial charge is 0.490 e. The van der Waals surface area contributed by atoms with Crippen LogP contribution in [0.2, 0.25) is 0 Å². The van der Waals surface area contributed by atoms with Crippen LogP contribution in [0.25, 0.3) is 21.9 Å². The fourth-order valence-corrected chi connectivity index (χ4v) is 2.25. The summed E-state index contributed by atoms with van der Waals surface area (Å²) in [6, 6.07) is 10.6. The van der Waals surface area contributed by atoms with E-state index >= 15 is 0 Å². The summed E-state index contributed by atoms with van der Waals surface area (Å²) in [5.74, 6) is -0.404. The standard InChI is InChI=1S/C15H12O4/c1-2-18-12-8-7-10(15(16)17)13-9-5-3-4-6-11(9)19-14(12)13/h3-8H,2H2,1H3,(H,16,17). The monoisotopic (exact) mass is 256 g/mol. The van der Waals surface area contributed by atoms with Gasteiger partial charge in [-0.3, -0.25) is 0 Å². The molecule has 0 atom stereocenters. The molecular weight excluding hydrogens is 244 g/mol. The maximum Gasteiger partial charge on any atom is 0.336 e. The van der Waals surface area contributed by atoms with E-state index in [1.165, 1.54) is 0 Å². The average molecular weight is 256 g/mol. The number of hydrogen-bond donors (Lipinski definition) is 1. The molecule has 0 aliphatic carbocycles. The van der Waals surface area contributed by atoms with Crippen molar-refractivity contribution in [3.05, 3.63) is 42.0 Å². The SMILES string of the molecule is CCOc1ccc(C(=O)O)c2c1oc1ccccc12. The number of fused-ring (bicyclic) bond motifs is 3. The normalized spacial score (nSPS) is 11.0. The number of carbonyl (C=O) groups is 1. The summed E-state index contributed by atoms with van der Waals surface area (Å²) in [4.78, 5) is 11.3. The topological polar surface area (TPSA) is 59.7 Å². The van der Waals surface area contributed by atoms with Gasteiger partial charge in [-0.2, -0.15) is 0 Å². The fourth-order valence-electron chi connectivity index (χ4n) is 2.25. The lowest BCUT2D eigenvalue weighted by atomic mass is 10.1. The summed E-state index contributed by atoms with van der Waals surface area (Å²) in [6.07, 6.45) is 0. The molecule has 96 valence electrons. The van der Waals surface area contributed by atoms with Gasteiger partial charge in [-0.1, -0.05) is 18.2 Å². The van der Waals surface area contributed by atoms with Gasteiger partial charge in [0.15, 0.2) is 11.3 Å². The summed E-state index contributed by atoms with van der Waals surface area (Å²) in [5, 5.41) is 10.7. The number of benzene rings is 2. The van der Waals surface area contributed by atoms with Crippen molar-refractivity contribution in [3.8, 4) is 5.75 Å². The molecule has 4 heteroatoms. The minimum Gasteiger partial charge on any atom is -0.490 e. The van der Waals surface area contributed by atoms with E-state index in [1.807, 2.05) is 31.2 Å². The first-order valence-electron chi connectivity index (χ1n) is 6.02. The van der Waals surface area contributed by atoms with Gasteiger partial charge < -0.3 is 14.3 Å². The third-order valence-corrected chi connectivity index (χ3v) is 3.02. The molecule has 0 amide bonds. The molecule has 0 spiro atoms. The van der Waals surface area contributed by atoms with Crippen molar-refractivity contribution in [1.29, 1.82) is 0 Å². The van der Waals surface area contributed by atoms with E-state index in [0.717, 1.165) is 5.39 Å². The van der Waals surface area contributed by atoms with Crippen LogP contribution in [0.1, 0.15) is 17.3 Å². The van der Waals surface area contributed by atoms with Crippen LogP contribution >= 0.6 is 0 Å². The third kappa shape index (κ3) is 1.73. The zero-order valence-electron chi connectivity index (χ0n) is 10.3. The van der Waals surface area contributed by atoms with Gasteiger partial charge in [-0.25, -0.2) is 4.79 Å². The quantitative estimate of drug-likeness (QED) is 0.776. The molecule has 3 aromatic rings. The van der Waals surface area contributed by atoms with Gasteiger partial charge >= 0.3 is 5.97 Å². The number of ether oxygens (including phenoxy) is 1. The van der Waals surface area contributed by atoms with Gasteiger partial charge in [0, 0.05) is 10.8 Å². The molecule has 2 aromatic carbocycles. The van der Waals surface area contributed by atoms with Gasteiger partial charge in [-0.05, 0) is 25.1 Å². The van der Waals surface area contributed by atoms with Gasteiger partial charge in [0.25, 0.3) is 0 Å². The number of hydrogen-bond acceptors (Lipinski definition) is 3. The van der Waals surface area contributed by atoms with E-state index in [2.05, 4.69) is 0 Å². The van der Waals surface area contributed by atoms with Crippen molar-refractivity contribution >= 4 is 27.9 Å². The van der Waals surface area contributed by atoms with E-state index in [0.29, 0.717) is 28.9 Å². The summed E-state index contributed by atoms with van der Waals surface area (Å²) < 4.78 is 11.2. The molecular formula is C15H12O4. The third-order valence-electron chi connectivity index (χ3n) is 3.02. The van der Waals surface area contributed by atoms with E-state index < -0.39 is 5.97 Å². The highest BCUT2D eigenvalue weighted by Crippen LogP contribution is 2.37. The van der Waals surface area contributed by atoms with Gasteiger partial charge in [0.1, 0.15) is 5.58 Å². The van der Waals surface area contributed by atoms with Crippen LogP contribution in [0.15, 0.2) is 40.8 Å². The van der Waals surface area contributed by atoms with Crippen LogP contribution in [-0.2, 0) is 0 Å². The zero-order valence-corrected chi connectivity index (χ0v) is 10.3. The van der Waals surface area contributed by atoms with Crippen LogP contribution in [-0.4, -0.2) is 17.7 Å². The molecule has 0 radical (unpaired) electrons. The van der Waals surface area contributed by atoms with Crippen molar-refractivity contribution in [2.45, 2.75) is 6.92 Å². The van der Waals surface area contributed by atoms with E-state index in [9.17, 15) is 9.90 Å². The predicted octanol–water partition coefficient (Wildman–Crippen LogP) is 3.68.